The first-order valence-corrected chi connectivity index (χ1v) is 8.79. The largest absolute Gasteiger partial charge is 0.337 e. The Morgan fingerprint density at radius 2 is 1.73 bits per heavy atom. The van der Waals surface area contributed by atoms with Gasteiger partial charge in [-0.3, -0.25) is 4.79 Å². The fourth-order valence-corrected chi connectivity index (χ4v) is 3.66. The van der Waals surface area contributed by atoms with Gasteiger partial charge in [0.1, 0.15) is 5.01 Å². The molecule has 0 spiro atoms. The molecule has 0 fully saturated rings. The molecule has 3 aromatic rings. The minimum absolute atomic E-state index is 0. The summed E-state index contributed by atoms with van der Waals surface area (Å²) in [5.74, 6) is 0.0260. The fourth-order valence-electron chi connectivity index (χ4n) is 2.60. The van der Waals surface area contributed by atoms with Crippen molar-refractivity contribution in [1.29, 1.82) is 0 Å². The molecule has 3 rings (SSSR count). The average molecular weight is 412 g/mol. The second-order valence-electron chi connectivity index (χ2n) is 5.92. The van der Waals surface area contributed by atoms with Crippen molar-refractivity contribution in [2.45, 2.75) is 25.4 Å². The van der Waals surface area contributed by atoms with Gasteiger partial charge in [-0.05, 0) is 24.6 Å². The Morgan fingerprint density at radius 3 is 2.38 bits per heavy atom. The standard InChI is InChI=1S/C19H21N3OS.2ClH/c1-13(19-21-16-10-6-7-11-17(16)24-19)22(2)18(23)12-15(20)14-8-4-3-5-9-14;;/h3-11,13,15H,12,20H2,1-2H3;2*1H. The third-order valence-corrected chi connectivity index (χ3v) is 5.47. The Hall–Kier alpha value is -1.66. The number of nitrogens with two attached hydrogens (primary N) is 1. The number of aromatic nitrogens is 1. The summed E-state index contributed by atoms with van der Waals surface area (Å²) < 4.78 is 1.14. The van der Waals surface area contributed by atoms with Gasteiger partial charge in [0.25, 0.3) is 0 Å². The topological polar surface area (TPSA) is 59.2 Å². The van der Waals surface area contributed by atoms with Crippen LogP contribution in [0.4, 0.5) is 0 Å². The van der Waals surface area contributed by atoms with E-state index >= 15 is 0 Å². The lowest BCUT2D eigenvalue weighted by Crippen LogP contribution is -2.32. The number of nitrogens with zero attached hydrogens (tertiary/aromatic N) is 2. The predicted molar refractivity (Wildman–Crippen MR) is 113 cm³/mol. The van der Waals surface area contributed by atoms with Gasteiger partial charge in [-0.1, -0.05) is 42.5 Å². The molecule has 2 N–H and O–H groups in total. The minimum Gasteiger partial charge on any atom is -0.337 e. The Bertz CT molecular complexity index is 808. The summed E-state index contributed by atoms with van der Waals surface area (Å²) >= 11 is 1.63. The van der Waals surface area contributed by atoms with Crippen molar-refractivity contribution in [2.24, 2.45) is 5.73 Å². The lowest BCUT2D eigenvalue weighted by Gasteiger charge is -2.24. The van der Waals surface area contributed by atoms with Crippen LogP contribution in [-0.2, 0) is 4.79 Å². The second-order valence-corrected chi connectivity index (χ2v) is 6.98. The van der Waals surface area contributed by atoms with E-state index in [2.05, 4.69) is 11.1 Å². The average Bonchev–Trinajstić information content (AvgIpc) is 3.05. The number of halogens is 2. The minimum atomic E-state index is -0.288. The van der Waals surface area contributed by atoms with Gasteiger partial charge in [0.15, 0.2) is 0 Å². The highest BCUT2D eigenvalue weighted by molar-refractivity contribution is 7.18. The second kappa shape index (κ2) is 9.88. The van der Waals surface area contributed by atoms with E-state index in [0.29, 0.717) is 0 Å². The van der Waals surface area contributed by atoms with Crippen molar-refractivity contribution in [3.8, 4) is 0 Å². The summed E-state index contributed by atoms with van der Waals surface area (Å²) in [7, 11) is 1.82. The number of amides is 1. The predicted octanol–water partition coefficient (Wildman–Crippen LogP) is 4.75. The molecule has 0 aliphatic heterocycles. The number of hydrogen-bond acceptors (Lipinski definition) is 4. The molecule has 0 radical (unpaired) electrons. The van der Waals surface area contributed by atoms with Crippen LogP contribution in [0.15, 0.2) is 54.6 Å². The lowest BCUT2D eigenvalue weighted by molar-refractivity contribution is -0.132. The zero-order chi connectivity index (χ0) is 17.1. The zero-order valence-electron chi connectivity index (χ0n) is 14.7. The van der Waals surface area contributed by atoms with Crippen molar-refractivity contribution in [3.05, 3.63) is 65.2 Å². The molecule has 0 aliphatic carbocycles. The van der Waals surface area contributed by atoms with Crippen LogP contribution >= 0.6 is 36.2 Å². The van der Waals surface area contributed by atoms with Crippen molar-refractivity contribution < 1.29 is 4.79 Å². The summed E-state index contributed by atoms with van der Waals surface area (Å²) in [6, 6.07) is 17.4. The van der Waals surface area contributed by atoms with E-state index in [-0.39, 0.29) is 49.2 Å². The number of carbonyl (C=O) groups is 1. The molecule has 140 valence electrons. The smallest absolute Gasteiger partial charge is 0.224 e. The third-order valence-electron chi connectivity index (χ3n) is 4.26. The van der Waals surface area contributed by atoms with E-state index in [1.165, 1.54) is 0 Å². The molecule has 2 aromatic carbocycles. The molecule has 0 bridgehead atoms. The number of benzene rings is 2. The normalized spacial score (nSPS) is 12.6. The number of fused-ring (bicyclic) bond motifs is 1. The molecule has 26 heavy (non-hydrogen) atoms. The van der Waals surface area contributed by atoms with Gasteiger partial charge in [-0.2, -0.15) is 0 Å². The monoisotopic (exact) mass is 411 g/mol. The molecule has 1 aromatic heterocycles. The number of carbonyl (C=O) groups excluding carboxylic acids is 1. The maximum atomic E-state index is 12.6. The maximum Gasteiger partial charge on any atom is 0.224 e. The van der Waals surface area contributed by atoms with E-state index < -0.39 is 0 Å². The number of thiazole rings is 1. The first-order valence-electron chi connectivity index (χ1n) is 7.98. The third kappa shape index (κ3) is 4.95. The highest BCUT2D eigenvalue weighted by Gasteiger charge is 2.22. The van der Waals surface area contributed by atoms with Crippen LogP contribution < -0.4 is 5.73 Å². The molecule has 7 heteroatoms. The molecule has 2 unspecified atom stereocenters. The molecule has 1 heterocycles. The molecule has 0 saturated heterocycles. The summed E-state index contributed by atoms with van der Waals surface area (Å²) in [4.78, 5) is 19.0. The summed E-state index contributed by atoms with van der Waals surface area (Å²) in [5, 5.41) is 0.945. The van der Waals surface area contributed by atoms with Gasteiger partial charge >= 0.3 is 0 Å². The van der Waals surface area contributed by atoms with Gasteiger partial charge in [0, 0.05) is 19.5 Å². The summed E-state index contributed by atoms with van der Waals surface area (Å²) in [6.45, 7) is 2.00. The molecule has 0 saturated carbocycles. The van der Waals surface area contributed by atoms with E-state index in [9.17, 15) is 4.79 Å². The Morgan fingerprint density at radius 1 is 1.12 bits per heavy atom. The number of para-hydroxylation sites is 1. The van der Waals surface area contributed by atoms with Crippen molar-refractivity contribution >= 4 is 52.3 Å². The molecule has 2 atom stereocenters. The van der Waals surface area contributed by atoms with Gasteiger partial charge < -0.3 is 10.6 Å². The number of rotatable bonds is 5. The molecule has 1 amide bonds. The summed E-state index contributed by atoms with van der Waals surface area (Å²) in [6.07, 6.45) is 0.287. The van der Waals surface area contributed by atoms with Gasteiger partial charge in [0.2, 0.25) is 5.91 Å². The van der Waals surface area contributed by atoms with E-state index in [0.717, 1.165) is 20.8 Å². The SMILES string of the molecule is CC(c1nc2ccccc2s1)N(C)C(=O)CC(N)c1ccccc1.Cl.Cl. The zero-order valence-corrected chi connectivity index (χ0v) is 17.1. The fraction of sp³-hybridized carbons (Fsp3) is 0.263. The Balaban J connectivity index is 0.00000169. The van der Waals surface area contributed by atoms with Crippen LogP contribution in [0.25, 0.3) is 10.2 Å². The van der Waals surface area contributed by atoms with Gasteiger partial charge in [-0.15, -0.1) is 36.2 Å². The molecule has 0 aliphatic rings. The van der Waals surface area contributed by atoms with Crippen LogP contribution in [0.2, 0.25) is 0 Å². The quantitative estimate of drug-likeness (QED) is 0.658. The van der Waals surface area contributed by atoms with Crippen LogP contribution in [-0.4, -0.2) is 22.8 Å². The van der Waals surface area contributed by atoms with Crippen LogP contribution in [0, 0.1) is 0 Å². The highest BCUT2D eigenvalue weighted by atomic mass is 35.5. The van der Waals surface area contributed by atoms with Crippen molar-refractivity contribution in [2.75, 3.05) is 7.05 Å². The maximum absolute atomic E-state index is 12.6. The first kappa shape index (κ1) is 22.4. The van der Waals surface area contributed by atoms with Crippen molar-refractivity contribution in [1.82, 2.24) is 9.88 Å². The van der Waals surface area contributed by atoms with E-state index in [1.807, 2.05) is 62.5 Å². The van der Waals surface area contributed by atoms with E-state index in [1.54, 1.807) is 16.2 Å². The molecular weight excluding hydrogens is 389 g/mol. The van der Waals surface area contributed by atoms with Crippen LogP contribution in [0.1, 0.15) is 36.0 Å². The molecule has 4 nitrogen and oxygen atoms in total. The van der Waals surface area contributed by atoms with Crippen LogP contribution in [0.3, 0.4) is 0 Å². The molecular formula is C19H23Cl2N3OS. The Labute approximate surface area is 170 Å². The van der Waals surface area contributed by atoms with Crippen LogP contribution in [0.5, 0.6) is 0 Å². The summed E-state index contributed by atoms with van der Waals surface area (Å²) in [5.41, 5.74) is 8.13. The van der Waals surface area contributed by atoms with E-state index in [4.69, 9.17) is 5.73 Å². The highest BCUT2D eigenvalue weighted by Crippen LogP contribution is 2.29. The van der Waals surface area contributed by atoms with Crippen molar-refractivity contribution in [3.63, 3.8) is 0 Å². The Kier molecular flexibility index (Phi) is 8.50. The number of hydrogen-bond donors (Lipinski definition) is 1. The van der Waals surface area contributed by atoms with Gasteiger partial charge in [0.05, 0.1) is 16.3 Å². The first-order chi connectivity index (χ1) is 11.6. The lowest BCUT2D eigenvalue weighted by atomic mass is 10.0. The van der Waals surface area contributed by atoms with Gasteiger partial charge in [-0.25, -0.2) is 4.98 Å².